The summed E-state index contributed by atoms with van der Waals surface area (Å²) >= 11 is 0. The fraction of sp³-hybridized carbons (Fsp3) is 0.0600. The Bertz CT molecular complexity index is 3090. The third-order valence-electron chi connectivity index (χ3n) is 11.3. The van der Waals surface area contributed by atoms with Crippen LogP contribution in [0.3, 0.4) is 0 Å². The Morgan fingerprint density at radius 1 is 0.481 bits per heavy atom. The number of aromatic nitrogens is 1. The van der Waals surface area contributed by atoms with Crippen LogP contribution in [-0.2, 0) is 5.41 Å². The summed E-state index contributed by atoms with van der Waals surface area (Å²) in [5.74, 6) is 0.598. The average molecular weight is 695 g/mol. The van der Waals surface area contributed by atoms with Crippen LogP contribution in [0.1, 0.15) is 25.0 Å². The van der Waals surface area contributed by atoms with Crippen molar-refractivity contribution in [1.29, 1.82) is 0 Å². The predicted molar refractivity (Wildman–Crippen MR) is 222 cm³/mol. The Hall–Kier alpha value is -6.91. The fourth-order valence-corrected chi connectivity index (χ4v) is 8.72. The number of hydrogen-bond donors (Lipinski definition) is 0. The van der Waals surface area contributed by atoms with E-state index in [9.17, 15) is 0 Å². The van der Waals surface area contributed by atoms with Gasteiger partial charge in [0.1, 0.15) is 16.7 Å². The van der Waals surface area contributed by atoms with Crippen LogP contribution in [0.25, 0.3) is 77.5 Å². The number of oxazole rings is 1. The van der Waals surface area contributed by atoms with Crippen LogP contribution in [0, 0.1) is 0 Å². The van der Waals surface area contributed by atoms with Crippen LogP contribution in [-0.4, -0.2) is 4.98 Å². The maximum Gasteiger partial charge on any atom is 0.227 e. The van der Waals surface area contributed by atoms with Gasteiger partial charge in [-0.2, -0.15) is 0 Å². The summed E-state index contributed by atoms with van der Waals surface area (Å²) < 4.78 is 12.7. The van der Waals surface area contributed by atoms with Crippen molar-refractivity contribution in [2.24, 2.45) is 0 Å². The molecule has 0 saturated heterocycles. The Labute approximate surface area is 312 Å². The second kappa shape index (κ2) is 11.5. The lowest BCUT2D eigenvalue weighted by Crippen LogP contribution is -2.16. The Kier molecular flexibility index (Phi) is 6.56. The molecule has 54 heavy (non-hydrogen) atoms. The second-order valence-corrected chi connectivity index (χ2v) is 14.7. The molecule has 0 amide bonds. The molecule has 1 aliphatic carbocycles. The SMILES string of the molecule is CC1(C)c2ccccc2-c2c(N(c3ccc4oc5cc6oc(-c7ccccc7)nc6cc5c4c3)c3ccccc3-c3cccc4ccccc34)cccc21. The molecule has 4 heteroatoms. The highest BCUT2D eigenvalue weighted by atomic mass is 16.4. The van der Waals surface area contributed by atoms with E-state index in [1.54, 1.807) is 0 Å². The zero-order chi connectivity index (χ0) is 36.0. The molecule has 0 saturated carbocycles. The zero-order valence-electron chi connectivity index (χ0n) is 29.9. The standard InChI is InChI=1S/C50H34N2O2/c1-50(2)40-22-10-8-20-37(40)48-41(50)23-13-25-44(48)52(43-24-11-9-19-36(43)35-21-12-17-31-14-6-7-18-34(31)35)33-26-27-45-38(28-33)39-29-42-47(30-46(39)53-45)54-49(51-42)32-15-4-3-5-16-32/h3-30H,1-2H3. The van der Waals surface area contributed by atoms with Gasteiger partial charge in [0.25, 0.3) is 0 Å². The lowest BCUT2D eigenvalue weighted by molar-refractivity contribution is 0.617. The molecule has 4 nitrogen and oxygen atoms in total. The maximum absolute atomic E-state index is 6.50. The molecular formula is C50H34N2O2. The van der Waals surface area contributed by atoms with Crippen LogP contribution < -0.4 is 4.90 Å². The smallest absolute Gasteiger partial charge is 0.227 e. The van der Waals surface area contributed by atoms with E-state index in [0.717, 1.165) is 55.6 Å². The molecule has 0 spiro atoms. The van der Waals surface area contributed by atoms with Crippen molar-refractivity contribution >= 4 is 60.9 Å². The van der Waals surface area contributed by atoms with Gasteiger partial charge in [0, 0.05) is 44.6 Å². The Balaban J connectivity index is 1.17. The Morgan fingerprint density at radius 3 is 2.07 bits per heavy atom. The summed E-state index contributed by atoms with van der Waals surface area (Å²) in [7, 11) is 0. The summed E-state index contributed by atoms with van der Waals surface area (Å²) in [6.07, 6.45) is 0. The number of para-hydroxylation sites is 1. The van der Waals surface area contributed by atoms with Gasteiger partial charge in [0.15, 0.2) is 5.58 Å². The first-order valence-corrected chi connectivity index (χ1v) is 18.5. The summed E-state index contributed by atoms with van der Waals surface area (Å²) in [5.41, 5.74) is 14.7. The topological polar surface area (TPSA) is 42.4 Å². The predicted octanol–water partition coefficient (Wildman–Crippen LogP) is 14.0. The van der Waals surface area contributed by atoms with E-state index in [1.165, 1.54) is 38.6 Å². The summed E-state index contributed by atoms with van der Waals surface area (Å²) in [6.45, 7) is 4.68. The first-order chi connectivity index (χ1) is 26.5. The van der Waals surface area contributed by atoms with Gasteiger partial charge in [-0.1, -0.05) is 129 Å². The molecule has 2 aromatic heterocycles. The maximum atomic E-state index is 6.50. The third-order valence-corrected chi connectivity index (χ3v) is 11.3. The normalized spacial score (nSPS) is 13.1. The Morgan fingerprint density at radius 2 is 1.17 bits per heavy atom. The highest BCUT2D eigenvalue weighted by molar-refractivity contribution is 6.11. The number of anilines is 3. The van der Waals surface area contributed by atoms with E-state index >= 15 is 0 Å². The minimum absolute atomic E-state index is 0.144. The van der Waals surface area contributed by atoms with E-state index < -0.39 is 0 Å². The van der Waals surface area contributed by atoms with E-state index in [1.807, 2.05) is 36.4 Å². The van der Waals surface area contributed by atoms with Gasteiger partial charge in [-0.15, -0.1) is 0 Å². The second-order valence-electron chi connectivity index (χ2n) is 14.7. The average Bonchev–Trinajstić information content (AvgIpc) is 3.87. The van der Waals surface area contributed by atoms with Crippen molar-refractivity contribution < 1.29 is 8.83 Å². The first kappa shape index (κ1) is 30.7. The molecule has 256 valence electrons. The van der Waals surface area contributed by atoms with E-state index in [4.69, 9.17) is 13.8 Å². The third kappa shape index (κ3) is 4.53. The summed E-state index contributed by atoms with van der Waals surface area (Å²) in [5, 5.41) is 4.46. The van der Waals surface area contributed by atoms with Crippen LogP contribution in [0.4, 0.5) is 17.1 Å². The minimum atomic E-state index is -0.144. The lowest BCUT2D eigenvalue weighted by Gasteiger charge is -2.30. The molecule has 10 aromatic rings. The number of rotatable bonds is 5. The van der Waals surface area contributed by atoms with Gasteiger partial charge in [0.2, 0.25) is 5.89 Å². The largest absolute Gasteiger partial charge is 0.456 e. The molecule has 8 aromatic carbocycles. The molecule has 0 atom stereocenters. The lowest BCUT2D eigenvalue weighted by atomic mass is 9.82. The van der Waals surface area contributed by atoms with E-state index in [0.29, 0.717) is 11.5 Å². The summed E-state index contributed by atoms with van der Waals surface area (Å²) in [6, 6.07) is 60.4. The summed E-state index contributed by atoms with van der Waals surface area (Å²) in [4.78, 5) is 7.35. The number of hydrogen-bond acceptors (Lipinski definition) is 4. The molecule has 0 N–H and O–H groups in total. The first-order valence-electron chi connectivity index (χ1n) is 18.5. The van der Waals surface area contributed by atoms with E-state index in [-0.39, 0.29) is 5.41 Å². The van der Waals surface area contributed by atoms with Gasteiger partial charge in [-0.05, 0) is 81.6 Å². The highest BCUT2D eigenvalue weighted by Gasteiger charge is 2.38. The molecule has 0 aliphatic heterocycles. The van der Waals surface area contributed by atoms with E-state index in [2.05, 4.69) is 152 Å². The van der Waals surface area contributed by atoms with Crippen molar-refractivity contribution in [1.82, 2.24) is 4.98 Å². The molecule has 2 heterocycles. The van der Waals surface area contributed by atoms with Crippen LogP contribution in [0.15, 0.2) is 179 Å². The molecule has 0 fully saturated rings. The zero-order valence-corrected chi connectivity index (χ0v) is 29.9. The molecule has 0 radical (unpaired) electrons. The van der Waals surface area contributed by atoms with Crippen molar-refractivity contribution in [3.63, 3.8) is 0 Å². The van der Waals surface area contributed by atoms with Crippen LogP contribution >= 0.6 is 0 Å². The van der Waals surface area contributed by atoms with Crippen molar-refractivity contribution in [3.05, 3.63) is 181 Å². The molecular weight excluding hydrogens is 661 g/mol. The number of benzene rings is 8. The van der Waals surface area contributed by atoms with Crippen molar-refractivity contribution in [3.8, 4) is 33.7 Å². The fourth-order valence-electron chi connectivity index (χ4n) is 8.72. The number of nitrogens with zero attached hydrogens (tertiary/aromatic N) is 2. The van der Waals surface area contributed by atoms with Crippen LogP contribution in [0.2, 0.25) is 0 Å². The van der Waals surface area contributed by atoms with Crippen molar-refractivity contribution in [2.75, 3.05) is 4.90 Å². The van der Waals surface area contributed by atoms with Gasteiger partial charge in [0.05, 0.1) is 11.4 Å². The highest BCUT2D eigenvalue weighted by Crippen LogP contribution is 2.55. The molecule has 0 unspecified atom stereocenters. The van der Waals surface area contributed by atoms with Crippen molar-refractivity contribution in [2.45, 2.75) is 19.3 Å². The van der Waals surface area contributed by atoms with Gasteiger partial charge in [-0.25, -0.2) is 4.98 Å². The number of fused-ring (bicyclic) bond motifs is 8. The minimum Gasteiger partial charge on any atom is -0.456 e. The quantitative estimate of drug-likeness (QED) is 0.180. The molecule has 1 aliphatic rings. The van der Waals surface area contributed by atoms with Gasteiger partial charge >= 0.3 is 0 Å². The van der Waals surface area contributed by atoms with Crippen LogP contribution in [0.5, 0.6) is 0 Å². The monoisotopic (exact) mass is 694 g/mol. The molecule has 0 bridgehead atoms. The molecule has 11 rings (SSSR count). The number of furan rings is 1. The van der Waals surface area contributed by atoms with Gasteiger partial charge < -0.3 is 13.7 Å². The van der Waals surface area contributed by atoms with Gasteiger partial charge in [-0.3, -0.25) is 0 Å².